The first-order valence-corrected chi connectivity index (χ1v) is 10.0. The zero-order valence-electron chi connectivity index (χ0n) is 17.4. The summed E-state index contributed by atoms with van der Waals surface area (Å²) in [4.78, 5) is 36.0. The van der Waals surface area contributed by atoms with Crippen molar-refractivity contribution in [3.63, 3.8) is 0 Å². The Morgan fingerprint density at radius 3 is 2.53 bits per heavy atom. The molecule has 0 aliphatic heterocycles. The number of anilines is 1. The van der Waals surface area contributed by atoms with E-state index < -0.39 is 18.0 Å². The normalized spacial score (nSPS) is 12.5. The maximum absolute atomic E-state index is 13.0. The Morgan fingerprint density at radius 1 is 1.13 bits per heavy atom. The molecule has 0 fully saturated rings. The molecule has 0 spiro atoms. The van der Waals surface area contributed by atoms with Crippen LogP contribution in [0.3, 0.4) is 0 Å². The third-order valence-electron chi connectivity index (χ3n) is 4.58. The molecule has 2 atom stereocenters. The van der Waals surface area contributed by atoms with Gasteiger partial charge in [0.1, 0.15) is 18.1 Å². The van der Waals surface area contributed by atoms with Crippen molar-refractivity contribution in [1.82, 2.24) is 5.32 Å². The number of carbonyl (C=O) groups is 3. The molecule has 2 unspecified atom stereocenters. The Morgan fingerprint density at radius 2 is 1.87 bits per heavy atom. The topological polar surface area (TPSA) is 111 Å². The number of nitrogens with two attached hydrogens (primary N) is 1. The van der Waals surface area contributed by atoms with Crippen LogP contribution >= 0.6 is 0 Å². The van der Waals surface area contributed by atoms with E-state index in [1.165, 1.54) is 0 Å². The zero-order chi connectivity index (χ0) is 21.9. The van der Waals surface area contributed by atoms with Gasteiger partial charge in [0.05, 0.1) is 18.3 Å². The lowest BCUT2D eigenvalue weighted by atomic mass is 10.0. The molecule has 0 aliphatic carbocycles. The zero-order valence-corrected chi connectivity index (χ0v) is 17.4. The summed E-state index contributed by atoms with van der Waals surface area (Å²) >= 11 is 0. The molecule has 0 aromatic heterocycles. The maximum atomic E-state index is 13.0. The number of hydrogen-bond acceptors (Lipinski definition) is 5. The highest BCUT2D eigenvalue weighted by Crippen LogP contribution is 2.26. The van der Waals surface area contributed by atoms with Crippen LogP contribution in [0.15, 0.2) is 48.5 Å². The van der Waals surface area contributed by atoms with E-state index in [0.29, 0.717) is 37.2 Å². The smallest absolute Gasteiger partial charge is 0.247 e. The summed E-state index contributed by atoms with van der Waals surface area (Å²) in [5.74, 6) is -0.344. The molecule has 0 aliphatic rings. The number of benzene rings is 2. The van der Waals surface area contributed by atoms with Crippen molar-refractivity contribution in [3.05, 3.63) is 59.7 Å². The Kier molecular flexibility index (Phi) is 9.03. The average Bonchev–Trinajstić information content (AvgIpc) is 2.73. The number of amides is 2. The SMILES string of the molecule is CCOc1cc(C)ccc1NC(=O)C(CCc1ccccc1)NC(=O)C(N)CC=O. The fourth-order valence-electron chi connectivity index (χ4n) is 2.94. The number of ether oxygens (including phenoxy) is 1. The lowest BCUT2D eigenvalue weighted by Crippen LogP contribution is -2.50. The summed E-state index contributed by atoms with van der Waals surface area (Å²) < 4.78 is 5.62. The first kappa shape index (κ1) is 23.1. The molecule has 2 aromatic carbocycles. The predicted molar refractivity (Wildman–Crippen MR) is 116 cm³/mol. The predicted octanol–water partition coefficient (Wildman–Crippen LogP) is 2.37. The first-order chi connectivity index (χ1) is 14.4. The third-order valence-corrected chi connectivity index (χ3v) is 4.58. The number of aldehydes is 1. The second-order valence-corrected chi connectivity index (χ2v) is 7.02. The number of hydrogen-bond donors (Lipinski definition) is 3. The van der Waals surface area contributed by atoms with Crippen molar-refractivity contribution in [2.24, 2.45) is 5.73 Å². The summed E-state index contributed by atoms with van der Waals surface area (Å²) in [7, 11) is 0. The van der Waals surface area contributed by atoms with Crippen LogP contribution in [0, 0.1) is 6.92 Å². The van der Waals surface area contributed by atoms with Crippen LogP contribution < -0.4 is 21.1 Å². The molecule has 30 heavy (non-hydrogen) atoms. The lowest BCUT2D eigenvalue weighted by molar-refractivity contribution is -0.128. The number of aryl methyl sites for hydroxylation is 2. The Hall–Kier alpha value is -3.19. The van der Waals surface area contributed by atoms with Gasteiger partial charge in [0, 0.05) is 6.42 Å². The minimum absolute atomic E-state index is 0.106. The number of nitrogens with one attached hydrogen (secondary N) is 2. The van der Waals surface area contributed by atoms with E-state index in [2.05, 4.69) is 10.6 Å². The summed E-state index contributed by atoms with van der Waals surface area (Å²) in [6, 6.07) is 13.4. The van der Waals surface area contributed by atoms with Crippen LogP contribution in [-0.2, 0) is 20.8 Å². The van der Waals surface area contributed by atoms with Crippen LogP contribution in [-0.4, -0.2) is 36.8 Å². The minimum Gasteiger partial charge on any atom is -0.492 e. The van der Waals surface area contributed by atoms with Gasteiger partial charge in [-0.25, -0.2) is 0 Å². The highest BCUT2D eigenvalue weighted by molar-refractivity contribution is 5.99. The number of rotatable bonds is 11. The van der Waals surface area contributed by atoms with Crippen LogP contribution in [0.5, 0.6) is 5.75 Å². The molecule has 7 nitrogen and oxygen atoms in total. The van der Waals surface area contributed by atoms with Crippen LogP contribution in [0.4, 0.5) is 5.69 Å². The molecule has 2 aromatic rings. The largest absolute Gasteiger partial charge is 0.492 e. The van der Waals surface area contributed by atoms with Gasteiger partial charge in [0.15, 0.2) is 0 Å². The van der Waals surface area contributed by atoms with Crippen molar-refractivity contribution in [2.45, 2.75) is 45.2 Å². The van der Waals surface area contributed by atoms with E-state index in [-0.39, 0.29) is 12.3 Å². The Labute approximate surface area is 177 Å². The van der Waals surface area contributed by atoms with E-state index in [4.69, 9.17) is 10.5 Å². The van der Waals surface area contributed by atoms with Gasteiger partial charge < -0.3 is 25.9 Å². The van der Waals surface area contributed by atoms with E-state index in [1.54, 1.807) is 6.07 Å². The fraction of sp³-hybridized carbons (Fsp3) is 0.348. The molecule has 0 saturated heterocycles. The van der Waals surface area contributed by atoms with Crippen LogP contribution in [0.2, 0.25) is 0 Å². The highest BCUT2D eigenvalue weighted by Gasteiger charge is 2.24. The third kappa shape index (κ3) is 7.00. The van der Waals surface area contributed by atoms with Crippen molar-refractivity contribution < 1.29 is 19.1 Å². The standard InChI is InChI=1S/C23H29N3O4/c1-3-30-21-15-16(2)9-11-19(21)25-23(29)20(26-22(28)18(24)13-14-27)12-10-17-7-5-4-6-8-17/h4-9,11,14-15,18,20H,3,10,12-13,24H2,1-2H3,(H,25,29)(H,26,28). The van der Waals surface area contributed by atoms with Gasteiger partial charge in [0.2, 0.25) is 11.8 Å². The van der Waals surface area contributed by atoms with Gasteiger partial charge in [-0.15, -0.1) is 0 Å². The van der Waals surface area contributed by atoms with Crippen molar-refractivity contribution >= 4 is 23.8 Å². The average molecular weight is 412 g/mol. The van der Waals surface area contributed by atoms with Gasteiger partial charge in [-0.1, -0.05) is 36.4 Å². The second kappa shape index (κ2) is 11.7. The molecule has 4 N–H and O–H groups in total. The van der Waals surface area contributed by atoms with Crippen molar-refractivity contribution in [1.29, 1.82) is 0 Å². The summed E-state index contributed by atoms with van der Waals surface area (Å²) in [5.41, 5.74) is 8.31. The Bertz CT molecular complexity index is 855. The minimum atomic E-state index is -0.993. The van der Waals surface area contributed by atoms with Crippen molar-refractivity contribution in [3.8, 4) is 5.75 Å². The molecular weight excluding hydrogens is 382 g/mol. The van der Waals surface area contributed by atoms with E-state index >= 15 is 0 Å². The van der Waals surface area contributed by atoms with Gasteiger partial charge in [0.25, 0.3) is 0 Å². The molecule has 0 bridgehead atoms. The molecule has 7 heteroatoms. The molecule has 2 amide bonds. The highest BCUT2D eigenvalue weighted by atomic mass is 16.5. The van der Waals surface area contributed by atoms with E-state index in [9.17, 15) is 14.4 Å². The molecule has 0 radical (unpaired) electrons. The molecular formula is C23H29N3O4. The monoisotopic (exact) mass is 411 g/mol. The van der Waals surface area contributed by atoms with Gasteiger partial charge in [-0.3, -0.25) is 9.59 Å². The van der Waals surface area contributed by atoms with Gasteiger partial charge >= 0.3 is 0 Å². The van der Waals surface area contributed by atoms with E-state index in [0.717, 1.165) is 11.1 Å². The molecule has 2 rings (SSSR count). The van der Waals surface area contributed by atoms with E-state index in [1.807, 2.05) is 56.3 Å². The number of carbonyl (C=O) groups excluding carboxylic acids is 3. The molecule has 0 heterocycles. The molecule has 0 saturated carbocycles. The summed E-state index contributed by atoms with van der Waals surface area (Å²) in [6.45, 7) is 4.26. The molecule has 160 valence electrons. The maximum Gasteiger partial charge on any atom is 0.247 e. The van der Waals surface area contributed by atoms with Crippen molar-refractivity contribution in [2.75, 3.05) is 11.9 Å². The van der Waals surface area contributed by atoms with Gasteiger partial charge in [-0.05, 0) is 49.9 Å². The Balaban J connectivity index is 2.16. The van der Waals surface area contributed by atoms with Gasteiger partial charge in [-0.2, -0.15) is 0 Å². The second-order valence-electron chi connectivity index (χ2n) is 7.02. The summed E-state index contributed by atoms with van der Waals surface area (Å²) in [5, 5.41) is 5.53. The fourth-order valence-corrected chi connectivity index (χ4v) is 2.94. The summed E-state index contributed by atoms with van der Waals surface area (Å²) in [6.07, 6.45) is 1.45. The lowest BCUT2D eigenvalue weighted by Gasteiger charge is -2.21. The quantitative estimate of drug-likeness (QED) is 0.492. The first-order valence-electron chi connectivity index (χ1n) is 10.0. The van der Waals surface area contributed by atoms with Crippen LogP contribution in [0.25, 0.3) is 0 Å². The van der Waals surface area contributed by atoms with Crippen LogP contribution in [0.1, 0.15) is 30.9 Å².